The van der Waals surface area contributed by atoms with E-state index in [9.17, 15) is 0 Å². The van der Waals surface area contributed by atoms with E-state index in [1.54, 1.807) is 7.11 Å². The van der Waals surface area contributed by atoms with Crippen molar-refractivity contribution < 1.29 is 4.74 Å². The summed E-state index contributed by atoms with van der Waals surface area (Å²) in [6.07, 6.45) is 0. The van der Waals surface area contributed by atoms with Gasteiger partial charge in [-0.15, -0.1) is 0 Å². The molecule has 0 heterocycles. The molecule has 0 spiro atoms. The molecule has 0 aromatic rings. The molecule has 2 atom stereocenters. The van der Waals surface area contributed by atoms with Crippen LogP contribution in [0.2, 0.25) is 0 Å². The Morgan fingerprint density at radius 3 is 2.21 bits per heavy atom. The zero-order valence-corrected chi connectivity index (χ0v) is 13.4. The van der Waals surface area contributed by atoms with Crippen molar-refractivity contribution in [3.05, 3.63) is 20.1 Å². The topological polar surface area (TPSA) is 9.23 Å². The second-order valence-electron chi connectivity index (χ2n) is 3.59. The molecule has 0 saturated carbocycles. The first-order valence-electron chi connectivity index (χ1n) is 4.29. The summed E-state index contributed by atoms with van der Waals surface area (Å²) in [7, 11) is 1.74. The molecule has 4 heteroatoms. The van der Waals surface area contributed by atoms with Gasteiger partial charge in [-0.1, -0.05) is 31.9 Å². The van der Waals surface area contributed by atoms with Crippen LogP contribution in [-0.2, 0) is 4.74 Å². The highest BCUT2D eigenvalue weighted by Crippen LogP contribution is 2.46. The van der Waals surface area contributed by atoms with Crippen LogP contribution in [0, 0.1) is 0 Å². The van der Waals surface area contributed by atoms with Gasteiger partial charge in [-0.2, -0.15) is 0 Å². The Morgan fingerprint density at radius 2 is 1.79 bits per heavy atom. The molecular formula is C10H13Br3O. The summed E-state index contributed by atoms with van der Waals surface area (Å²) in [5.74, 6) is 0. The Labute approximate surface area is 110 Å². The summed E-state index contributed by atoms with van der Waals surface area (Å²) in [4.78, 5) is 0.151. The Balaban J connectivity index is 3.33. The summed E-state index contributed by atoms with van der Waals surface area (Å²) in [5, 5.41) is 0. The smallest absolute Gasteiger partial charge is 0.103 e. The third-order valence-electron chi connectivity index (χ3n) is 2.98. The average molecular weight is 389 g/mol. The Morgan fingerprint density at radius 1 is 1.29 bits per heavy atom. The van der Waals surface area contributed by atoms with Gasteiger partial charge in [-0.25, -0.2) is 0 Å². The summed E-state index contributed by atoms with van der Waals surface area (Å²) >= 11 is 10.8. The fourth-order valence-electron chi connectivity index (χ4n) is 1.52. The number of alkyl halides is 1. The van der Waals surface area contributed by atoms with E-state index in [0.29, 0.717) is 0 Å². The molecule has 0 fully saturated rings. The lowest BCUT2D eigenvalue weighted by atomic mass is 9.85. The molecule has 0 aromatic heterocycles. The first-order valence-corrected chi connectivity index (χ1v) is 6.79. The maximum Gasteiger partial charge on any atom is 0.103 e. The van der Waals surface area contributed by atoms with Crippen LogP contribution in [0.5, 0.6) is 0 Å². The van der Waals surface area contributed by atoms with E-state index < -0.39 is 0 Å². The van der Waals surface area contributed by atoms with Gasteiger partial charge in [0.15, 0.2) is 0 Å². The van der Waals surface area contributed by atoms with Gasteiger partial charge in [0, 0.05) is 16.1 Å². The molecule has 2 unspecified atom stereocenters. The van der Waals surface area contributed by atoms with Crippen molar-refractivity contribution in [2.75, 3.05) is 7.11 Å². The number of halogens is 3. The summed E-state index contributed by atoms with van der Waals surface area (Å²) in [5.41, 5.74) is 2.20. The van der Waals surface area contributed by atoms with E-state index in [1.165, 1.54) is 11.1 Å². The lowest BCUT2D eigenvalue weighted by Gasteiger charge is -2.39. The summed E-state index contributed by atoms with van der Waals surface area (Å²) in [6.45, 7) is 6.29. The van der Waals surface area contributed by atoms with Crippen molar-refractivity contribution in [1.29, 1.82) is 0 Å². The Hall–Kier alpha value is 0.880. The predicted octanol–water partition coefficient (Wildman–Crippen LogP) is 4.51. The number of ether oxygens (including phenoxy) is 1. The lowest BCUT2D eigenvalue weighted by Crippen LogP contribution is -2.42. The number of hydrogen-bond acceptors (Lipinski definition) is 1. The second kappa shape index (κ2) is 4.40. The molecule has 14 heavy (non-hydrogen) atoms. The fourth-order valence-corrected chi connectivity index (χ4v) is 3.84. The molecule has 0 radical (unpaired) electrons. The van der Waals surface area contributed by atoms with Gasteiger partial charge in [0.1, 0.15) is 5.60 Å². The molecule has 0 amide bonds. The molecule has 0 aliphatic heterocycles. The molecule has 0 bridgehead atoms. The highest BCUT2D eigenvalue weighted by atomic mass is 79.9. The van der Waals surface area contributed by atoms with Gasteiger partial charge in [0.2, 0.25) is 0 Å². The van der Waals surface area contributed by atoms with Gasteiger partial charge in [0.25, 0.3) is 0 Å². The van der Waals surface area contributed by atoms with E-state index in [-0.39, 0.29) is 10.4 Å². The van der Waals surface area contributed by atoms with Crippen molar-refractivity contribution in [2.24, 2.45) is 0 Å². The van der Waals surface area contributed by atoms with E-state index >= 15 is 0 Å². The Kier molecular flexibility index (Phi) is 4.07. The highest BCUT2D eigenvalue weighted by molar-refractivity contribution is 9.15. The van der Waals surface area contributed by atoms with Crippen LogP contribution in [0.25, 0.3) is 0 Å². The van der Waals surface area contributed by atoms with Crippen LogP contribution in [0.1, 0.15) is 20.8 Å². The largest absolute Gasteiger partial charge is 0.373 e. The standard InChI is InChI=1S/C10H13Br3O/c1-5-6(2)10(3,14-4)9(13)8(12)7(5)11/h9H,1-4H3. The minimum atomic E-state index is -0.278. The quantitative estimate of drug-likeness (QED) is 0.601. The monoisotopic (exact) mass is 386 g/mol. The van der Waals surface area contributed by atoms with Crippen LogP contribution >= 0.6 is 47.8 Å². The maximum atomic E-state index is 5.60. The van der Waals surface area contributed by atoms with Crippen LogP contribution in [0.4, 0.5) is 0 Å². The van der Waals surface area contributed by atoms with Crippen molar-refractivity contribution in [3.63, 3.8) is 0 Å². The molecule has 80 valence electrons. The normalized spacial score (nSPS) is 34.1. The van der Waals surface area contributed by atoms with Crippen LogP contribution < -0.4 is 0 Å². The maximum absolute atomic E-state index is 5.60. The molecule has 0 N–H and O–H groups in total. The van der Waals surface area contributed by atoms with Crippen LogP contribution in [0.15, 0.2) is 20.1 Å². The zero-order valence-electron chi connectivity index (χ0n) is 8.62. The molecule has 1 rings (SSSR count). The molecule has 1 aliphatic rings. The van der Waals surface area contributed by atoms with E-state index in [2.05, 4.69) is 68.6 Å². The lowest BCUT2D eigenvalue weighted by molar-refractivity contribution is 0.0443. The third-order valence-corrected chi connectivity index (χ3v) is 7.33. The summed E-state index contributed by atoms with van der Waals surface area (Å²) in [6, 6.07) is 0. The second-order valence-corrected chi connectivity index (χ2v) is 6.15. The average Bonchev–Trinajstić information content (AvgIpc) is 2.21. The van der Waals surface area contributed by atoms with E-state index in [0.717, 1.165) is 8.96 Å². The molecule has 0 aromatic carbocycles. The van der Waals surface area contributed by atoms with E-state index in [1.807, 2.05) is 0 Å². The molecule has 0 saturated heterocycles. The van der Waals surface area contributed by atoms with Crippen LogP contribution in [-0.4, -0.2) is 17.5 Å². The summed E-state index contributed by atoms with van der Waals surface area (Å²) < 4.78 is 7.82. The number of allylic oxidation sites excluding steroid dienone is 2. The van der Waals surface area contributed by atoms with Crippen LogP contribution in [0.3, 0.4) is 0 Å². The molecular weight excluding hydrogens is 376 g/mol. The number of methoxy groups -OCH3 is 1. The minimum absolute atomic E-state index is 0.151. The Bertz CT molecular complexity index is 319. The number of hydrogen-bond donors (Lipinski definition) is 0. The molecule has 1 nitrogen and oxygen atoms in total. The van der Waals surface area contributed by atoms with Crippen molar-refractivity contribution in [3.8, 4) is 0 Å². The number of rotatable bonds is 1. The first kappa shape index (κ1) is 12.9. The highest BCUT2D eigenvalue weighted by Gasteiger charge is 2.41. The fraction of sp³-hybridized carbons (Fsp3) is 0.600. The van der Waals surface area contributed by atoms with Crippen molar-refractivity contribution in [1.82, 2.24) is 0 Å². The zero-order chi connectivity index (χ0) is 11.1. The van der Waals surface area contributed by atoms with Gasteiger partial charge < -0.3 is 4.74 Å². The molecule has 1 aliphatic carbocycles. The van der Waals surface area contributed by atoms with Gasteiger partial charge in [-0.05, 0) is 47.8 Å². The van der Waals surface area contributed by atoms with Crippen molar-refractivity contribution >= 4 is 47.8 Å². The van der Waals surface area contributed by atoms with Gasteiger partial charge >= 0.3 is 0 Å². The minimum Gasteiger partial charge on any atom is -0.373 e. The predicted molar refractivity (Wildman–Crippen MR) is 71.4 cm³/mol. The van der Waals surface area contributed by atoms with E-state index in [4.69, 9.17) is 4.74 Å². The third kappa shape index (κ3) is 1.79. The van der Waals surface area contributed by atoms with Gasteiger partial charge in [-0.3, -0.25) is 0 Å². The van der Waals surface area contributed by atoms with Crippen molar-refractivity contribution in [2.45, 2.75) is 31.2 Å². The van der Waals surface area contributed by atoms with Gasteiger partial charge in [0.05, 0.1) is 4.83 Å². The SMILES string of the molecule is COC1(C)C(C)=C(C)C(Br)=C(Br)C1Br. The first-order chi connectivity index (χ1) is 6.36.